The van der Waals surface area contributed by atoms with Gasteiger partial charge in [-0.05, 0) is 19.3 Å². The standard InChI is InChI=1S/C13H26N2O2/c1-4-15(8-11-5-6-17-9-11)13(16)12(7-14)10(2)3/h10-12H,4-9,14H2,1-3H3. The summed E-state index contributed by atoms with van der Waals surface area (Å²) in [7, 11) is 0. The van der Waals surface area contributed by atoms with Crippen molar-refractivity contribution in [3.05, 3.63) is 0 Å². The van der Waals surface area contributed by atoms with E-state index in [-0.39, 0.29) is 11.8 Å². The number of carbonyl (C=O) groups is 1. The SMILES string of the molecule is CCN(CC1CCOC1)C(=O)C(CN)C(C)C. The molecule has 0 aromatic rings. The van der Waals surface area contributed by atoms with Gasteiger partial charge >= 0.3 is 0 Å². The van der Waals surface area contributed by atoms with Crippen LogP contribution in [0.1, 0.15) is 27.2 Å². The van der Waals surface area contributed by atoms with Crippen molar-refractivity contribution in [2.24, 2.45) is 23.5 Å². The minimum absolute atomic E-state index is 0.0442. The molecule has 2 atom stereocenters. The van der Waals surface area contributed by atoms with E-state index in [1.807, 2.05) is 11.8 Å². The average Bonchev–Trinajstić information content (AvgIpc) is 2.78. The smallest absolute Gasteiger partial charge is 0.227 e. The van der Waals surface area contributed by atoms with E-state index >= 15 is 0 Å². The van der Waals surface area contributed by atoms with Gasteiger partial charge in [-0.25, -0.2) is 0 Å². The van der Waals surface area contributed by atoms with Gasteiger partial charge in [0.25, 0.3) is 0 Å². The quantitative estimate of drug-likeness (QED) is 0.759. The average molecular weight is 242 g/mol. The van der Waals surface area contributed by atoms with Crippen LogP contribution >= 0.6 is 0 Å². The van der Waals surface area contributed by atoms with Crippen molar-refractivity contribution < 1.29 is 9.53 Å². The number of amides is 1. The maximum atomic E-state index is 12.3. The predicted octanol–water partition coefficient (Wildman–Crippen LogP) is 1.10. The summed E-state index contributed by atoms with van der Waals surface area (Å²) in [5, 5.41) is 0. The normalized spacial score (nSPS) is 21.8. The van der Waals surface area contributed by atoms with Gasteiger partial charge in [0.1, 0.15) is 0 Å². The summed E-state index contributed by atoms with van der Waals surface area (Å²) >= 11 is 0. The molecule has 0 radical (unpaired) electrons. The van der Waals surface area contributed by atoms with E-state index in [2.05, 4.69) is 13.8 Å². The van der Waals surface area contributed by atoms with Crippen molar-refractivity contribution in [3.63, 3.8) is 0 Å². The number of rotatable bonds is 6. The molecule has 4 nitrogen and oxygen atoms in total. The molecule has 2 unspecified atom stereocenters. The Labute approximate surface area is 104 Å². The monoisotopic (exact) mass is 242 g/mol. The van der Waals surface area contributed by atoms with Crippen LogP contribution in [0, 0.1) is 17.8 Å². The van der Waals surface area contributed by atoms with E-state index in [9.17, 15) is 4.79 Å². The number of carbonyl (C=O) groups excluding carboxylic acids is 1. The molecular weight excluding hydrogens is 216 g/mol. The molecule has 0 saturated carbocycles. The summed E-state index contributed by atoms with van der Waals surface area (Å²) in [5.74, 6) is 0.972. The highest BCUT2D eigenvalue weighted by molar-refractivity contribution is 5.79. The Morgan fingerprint density at radius 3 is 2.65 bits per heavy atom. The van der Waals surface area contributed by atoms with E-state index in [0.29, 0.717) is 18.4 Å². The van der Waals surface area contributed by atoms with Crippen LogP contribution in [0.4, 0.5) is 0 Å². The zero-order valence-electron chi connectivity index (χ0n) is 11.3. The third kappa shape index (κ3) is 3.96. The third-order valence-electron chi connectivity index (χ3n) is 3.57. The fraction of sp³-hybridized carbons (Fsp3) is 0.923. The molecular formula is C13H26N2O2. The first-order valence-corrected chi connectivity index (χ1v) is 6.66. The molecule has 0 bridgehead atoms. The molecule has 4 heteroatoms. The summed E-state index contributed by atoms with van der Waals surface area (Å²) in [6.45, 7) is 9.79. The lowest BCUT2D eigenvalue weighted by Crippen LogP contribution is -2.43. The number of hydrogen-bond donors (Lipinski definition) is 1. The Bertz CT molecular complexity index is 238. The lowest BCUT2D eigenvalue weighted by Gasteiger charge is -2.29. The van der Waals surface area contributed by atoms with Gasteiger partial charge in [-0.2, -0.15) is 0 Å². The number of nitrogens with zero attached hydrogens (tertiary/aromatic N) is 1. The van der Waals surface area contributed by atoms with Crippen molar-refractivity contribution in [1.29, 1.82) is 0 Å². The molecule has 0 aromatic heterocycles. The zero-order chi connectivity index (χ0) is 12.8. The van der Waals surface area contributed by atoms with Crippen molar-refractivity contribution in [1.82, 2.24) is 4.90 Å². The maximum Gasteiger partial charge on any atom is 0.227 e. The highest BCUT2D eigenvalue weighted by atomic mass is 16.5. The Balaban J connectivity index is 2.55. The second-order valence-corrected chi connectivity index (χ2v) is 5.19. The topological polar surface area (TPSA) is 55.6 Å². The van der Waals surface area contributed by atoms with Crippen LogP contribution in [0.25, 0.3) is 0 Å². The summed E-state index contributed by atoms with van der Waals surface area (Å²) in [4.78, 5) is 14.3. The van der Waals surface area contributed by atoms with Crippen LogP contribution in [0.2, 0.25) is 0 Å². The minimum atomic E-state index is -0.0442. The first-order chi connectivity index (χ1) is 8.10. The molecule has 0 aliphatic carbocycles. The van der Waals surface area contributed by atoms with Crippen LogP contribution < -0.4 is 5.73 Å². The molecule has 1 rings (SSSR count). The van der Waals surface area contributed by atoms with E-state index in [4.69, 9.17) is 10.5 Å². The van der Waals surface area contributed by atoms with Gasteiger partial charge in [-0.3, -0.25) is 4.79 Å². The minimum Gasteiger partial charge on any atom is -0.381 e. The fourth-order valence-electron chi connectivity index (χ4n) is 2.31. The second kappa shape index (κ2) is 6.97. The molecule has 1 aliphatic rings. The highest BCUT2D eigenvalue weighted by Crippen LogP contribution is 2.18. The highest BCUT2D eigenvalue weighted by Gasteiger charge is 2.27. The lowest BCUT2D eigenvalue weighted by atomic mass is 9.94. The molecule has 1 amide bonds. The van der Waals surface area contributed by atoms with Gasteiger partial charge in [-0.1, -0.05) is 13.8 Å². The molecule has 1 aliphatic heterocycles. The second-order valence-electron chi connectivity index (χ2n) is 5.19. The third-order valence-corrected chi connectivity index (χ3v) is 3.57. The predicted molar refractivity (Wildman–Crippen MR) is 68.6 cm³/mol. The molecule has 100 valence electrons. The molecule has 0 spiro atoms. The Morgan fingerprint density at radius 2 is 2.24 bits per heavy atom. The van der Waals surface area contributed by atoms with Gasteiger partial charge in [0.05, 0.1) is 12.5 Å². The van der Waals surface area contributed by atoms with Crippen LogP contribution in [0.15, 0.2) is 0 Å². The first kappa shape index (κ1) is 14.5. The molecule has 2 N–H and O–H groups in total. The van der Waals surface area contributed by atoms with Gasteiger partial charge in [0.15, 0.2) is 0 Å². The summed E-state index contributed by atoms with van der Waals surface area (Å²) in [6, 6.07) is 0. The lowest BCUT2D eigenvalue weighted by molar-refractivity contribution is -0.137. The Hall–Kier alpha value is -0.610. The van der Waals surface area contributed by atoms with Crippen LogP contribution in [-0.4, -0.2) is 43.7 Å². The van der Waals surface area contributed by atoms with E-state index in [0.717, 1.165) is 32.7 Å². The Kier molecular flexibility index (Phi) is 5.92. The van der Waals surface area contributed by atoms with Gasteiger partial charge in [0.2, 0.25) is 5.91 Å². The van der Waals surface area contributed by atoms with Crippen LogP contribution in [0.5, 0.6) is 0 Å². The van der Waals surface area contributed by atoms with Gasteiger partial charge in [0, 0.05) is 32.2 Å². The number of hydrogen-bond acceptors (Lipinski definition) is 3. The molecule has 1 saturated heterocycles. The van der Waals surface area contributed by atoms with Crippen molar-refractivity contribution in [2.75, 3.05) is 32.8 Å². The summed E-state index contributed by atoms with van der Waals surface area (Å²) in [6.07, 6.45) is 1.07. The number of ether oxygens (including phenoxy) is 1. The first-order valence-electron chi connectivity index (χ1n) is 6.66. The van der Waals surface area contributed by atoms with Crippen molar-refractivity contribution in [3.8, 4) is 0 Å². The summed E-state index contributed by atoms with van der Waals surface area (Å²) < 4.78 is 5.35. The van der Waals surface area contributed by atoms with E-state index in [1.54, 1.807) is 0 Å². The maximum absolute atomic E-state index is 12.3. The molecule has 0 aromatic carbocycles. The molecule has 17 heavy (non-hydrogen) atoms. The van der Waals surface area contributed by atoms with Crippen LogP contribution in [0.3, 0.4) is 0 Å². The number of nitrogens with two attached hydrogens (primary N) is 1. The Morgan fingerprint density at radius 1 is 1.53 bits per heavy atom. The summed E-state index contributed by atoms with van der Waals surface area (Å²) in [5.41, 5.74) is 5.70. The van der Waals surface area contributed by atoms with Gasteiger partial charge in [-0.15, -0.1) is 0 Å². The fourth-order valence-corrected chi connectivity index (χ4v) is 2.31. The van der Waals surface area contributed by atoms with E-state index < -0.39 is 0 Å². The zero-order valence-corrected chi connectivity index (χ0v) is 11.3. The van der Waals surface area contributed by atoms with Gasteiger partial charge < -0.3 is 15.4 Å². The molecule has 1 fully saturated rings. The molecule has 1 heterocycles. The van der Waals surface area contributed by atoms with Crippen molar-refractivity contribution >= 4 is 5.91 Å². The van der Waals surface area contributed by atoms with Crippen molar-refractivity contribution in [2.45, 2.75) is 27.2 Å². The largest absolute Gasteiger partial charge is 0.381 e. The van der Waals surface area contributed by atoms with E-state index in [1.165, 1.54) is 0 Å². The van der Waals surface area contributed by atoms with Crippen LogP contribution in [-0.2, 0) is 9.53 Å².